The number of rotatable bonds is 4. The Morgan fingerprint density at radius 1 is 1.16 bits per heavy atom. The molecule has 0 aliphatic rings. The molecule has 0 bridgehead atoms. The quantitative estimate of drug-likeness (QED) is 0.833. The van der Waals surface area contributed by atoms with E-state index in [0.29, 0.717) is 10.6 Å². The lowest BCUT2D eigenvalue weighted by molar-refractivity contribution is 0.0958. The number of nitrogens with zero attached hydrogens (tertiary/aromatic N) is 1. The second kappa shape index (κ2) is 8.17. The molecular formula is C18H17ClN2O3S. The van der Waals surface area contributed by atoms with Crippen molar-refractivity contribution < 1.29 is 13.2 Å². The van der Waals surface area contributed by atoms with Crippen molar-refractivity contribution in [2.75, 3.05) is 20.6 Å². The minimum atomic E-state index is -3.51. The summed E-state index contributed by atoms with van der Waals surface area (Å²) in [5, 5.41) is 3.26. The molecule has 0 saturated carbocycles. The van der Waals surface area contributed by atoms with E-state index in [0.717, 1.165) is 9.87 Å². The predicted molar refractivity (Wildman–Crippen MR) is 98.0 cm³/mol. The number of benzene rings is 2. The summed E-state index contributed by atoms with van der Waals surface area (Å²) >= 11 is 5.87. The molecule has 130 valence electrons. The van der Waals surface area contributed by atoms with Crippen molar-refractivity contribution in [2.45, 2.75) is 4.90 Å². The van der Waals surface area contributed by atoms with Crippen LogP contribution in [0.5, 0.6) is 0 Å². The summed E-state index contributed by atoms with van der Waals surface area (Å²) in [6.07, 6.45) is 0. The van der Waals surface area contributed by atoms with Crippen molar-refractivity contribution in [3.63, 3.8) is 0 Å². The molecule has 1 amide bonds. The Morgan fingerprint density at radius 3 is 2.44 bits per heavy atom. The average molecular weight is 377 g/mol. The topological polar surface area (TPSA) is 66.5 Å². The summed E-state index contributed by atoms with van der Waals surface area (Å²) in [5.74, 6) is 5.41. The van der Waals surface area contributed by atoms with Gasteiger partial charge in [0, 0.05) is 30.2 Å². The molecule has 0 aliphatic carbocycles. The SMILES string of the molecule is CN(C)S(=O)(=O)c1ccc(C(=O)NCC#Cc2cccc(Cl)c2)cc1. The molecule has 0 aliphatic heterocycles. The van der Waals surface area contributed by atoms with Crippen LogP contribution < -0.4 is 5.32 Å². The van der Waals surface area contributed by atoms with E-state index in [-0.39, 0.29) is 17.3 Å². The van der Waals surface area contributed by atoms with Gasteiger partial charge in [-0.05, 0) is 42.5 Å². The zero-order valence-electron chi connectivity index (χ0n) is 13.8. The first kappa shape index (κ1) is 19.0. The molecule has 7 heteroatoms. The van der Waals surface area contributed by atoms with Gasteiger partial charge in [0.05, 0.1) is 11.4 Å². The largest absolute Gasteiger partial charge is 0.341 e. The van der Waals surface area contributed by atoms with E-state index in [4.69, 9.17) is 11.6 Å². The standard InChI is InChI=1S/C18H17ClN2O3S/c1-21(2)25(23,24)17-10-8-15(9-11-17)18(22)20-12-4-6-14-5-3-7-16(19)13-14/h3,5,7-11,13H,12H2,1-2H3,(H,20,22). The number of hydrogen-bond donors (Lipinski definition) is 1. The summed E-state index contributed by atoms with van der Waals surface area (Å²) in [5.41, 5.74) is 1.13. The Morgan fingerprint density at radius 2 is 1.84 bits per heavy atom. The number of amides is 1. The summed E-state index contributed by atoms with van der Waals surface area (Å²) in [7, 11) is -0.600. The maximum atomic E-state index is 12.0. The highest BCUT2D eigenvalue weighted by Gasteiger charge is 2.17. The Balaban J connectivity index is 1.98. The minimum absolute atomic E-state index is 0.134. The number of carbonyl (C=O) groups excluding carboxylic acids is 1. The van der Waals surface area contributed by atoms with Crippen LogP contribution in [0.1, 0.15) is 15.9 Å². The van der Waals surface area contributed by atoms with Crippen molar-refractivity contribution >= 4 is 27.5 Å². The summed E-state index contributed by atoms with van der Waals surface area (Å²) in [6, 6.07) is 12.9. The van der Waals surface area contributed by atoms with Crippen molar-refractivity contribution in [2.24, 2.45) is 0 Å². The van der Waals surface area contributed by atoms with Crippen molar-refractivity contribution in [1.82, 2.24) is 9.62 Å². The van der Waals surface area contributed by atoms with Crippen molar-refractivity contribution in [3.05, 3.63) is 64.7 Å². The van der Waals surface area contributed by atoms with Crippen LogP contribution in [0.25, 0.3) is 0 Å². The van der Waals surface area contributed by atoms with Gasteiger partial charge in [0.2, 0.25) is 10.0 Å². The monoisotopic (exact) mass is 376 g/mol. The third-order valence-corrected chi connectivity index (χ3v) is 5.35. The highest BCUT2D eigenvalue weighted by Crippen LogP contribution is 2.14. The molecule has 5 nitrogen and oxygen atoms in total. The fourth-order valence-electron chi connectivity index (χ4n) is 1.93. The van der Waals surface area contributed by atoms with Crippen LogP contribution in [0.15, 0.2) is 53.4 Å². The van der Waals surface area contributed by atoms with Crippen LogP contribution in [0.4, 0.5) is 0 Å². The highest BCUT2D eigenvalue weighted by atomic mass is 35.5. The lowest BCUT2D eigenvalue weighted by atomic mass is 10.2. The molecule has 0 atom stereocenters. The normalized spacial score (nSPS) is 10.9. The van der Waals surface area contributed by atoms with Crippen LogP contribution in [0.2, 0.25) is 5.02 Å². The molecule has 2 aromatic carbocycles. The number of hydrogen-bond acceptors (Lipinski definition) is 3. The highest BCUT2D eigenvalue weighted by molar-refractivity contribution is 7.89. The molecule has 0 aromatic heterocycles. The van der Waals surface area contributed by atoms with Crippen LogP contribution in [0, 0.1) is 11.8 Å². The zero-order valence-corrected chi connectivity index (χ0v) is 15.4. The van der Waals surface area contributed by atoms with Gasteiger partial charge < -0.3 is 5.32 Å². The first-order valence-electron chi connectivity index (χ1n) is 7.36. The van der Waals surface area contributed by atoms with E-state index in [9.17, 15) is 13.2 Å². The van der Waals surface area contributed by atoms with Gasteiger partial charge in [0.15, 0.2) is 0 Å². The molecule has 0 unspecified atom stereocenters. The second-order valence-electron chi connectivity index (χ2n) is 5.31. The third-order valence-electron chi connectivity index (χ3n) is 3.29. The molecule has 25 heavy (non-hydrogen) atoms. The summed E-state index contributed by atoms with van der Waals surface area (Å²) in [4.78, 5) is 12.2. The molecule has 2 rings (SSSR count). The van der Waals surface area contributed by atoms with Gasteiger partial charge in [0.1, 0.15) is 0 Å². The van der Waals surface area contributed by atoms with Gasteiger partial charge >= 0.3 is 0 Å². The number of carbonyl (C=O) groups is 1. The lowest BCUT2D eigenvalue weighted by Crippen LogP contribution is -2.24. The maximum Gasteiger partial charge on any atom is 0.252 e. The molecule has 2 aromatic rings. The Kier molecular flexibility index (Phi) is 6.21. The summed E-state index contributed by atoms with van der Waals surface area (Å²) < 4.78 is 25.1. The van der Waals surface area contributed by atoms with Gasteiger partial charge in [0.25, 0.3) is 5.91 Å². The first-order chi connectivity index (χ1) is 11.8. The van der Waals surface area contributed by atoms with Crippen molar-refractivity contribution in [3.8, 4) is 11.8 Å². The van der Waals surface area contributed by atoms with E-state index in [2.05, 4.69) is 17.2 Å². The summed E-state index contributed by atoms with van der Waals surface area (Å²) in [6.45, 7) is 0.170. The third kappa shape index (κ3) is 5.07. The van der Waals surface area contributed by atoms with Gasteiger partial charge in [-0.25, -0.2) is 12.7 Å². The average Bonchev–Trinajstić information content (AvgIpc) is 2.58. The lowest BCUT2D eigenvalue weighted by Gasteiger charge is -2.11. The molecular weight excluding hydrogens is 360 g/mol. The van der Waals surface area contributed by atoms with Gasteiger partial charge in [-0.2, -0.15) is 0 Å². The van der Waals surface area contributed by atoms with E-state index < -0.39 is 10.0 Å². The van der Waals surface area contributed by atoms with Crippen LogP contribution in [-0.2, 0) is 10.0 Å². The Labute approximate surface area is 152 Å². The number of nitrogens with one attached hydrogen (secondary N) is 1. The number of sulfonamides is 1. The van der Waals surface area contributed by atoms with E-state index in [1.54, 1.807) is 18.2 Å². The first-order valence-corrected chi connectivity index (χ1v) is 9.18. The smallest absolute Gasteiger partial charge is 0.252 e. The van der Waals surface area contributed by atoms with E-state index in [1.807, 2.05) is 6.07 Å². The van der Waals surface area contributed by atoms with Crippen LogP contribution >= 0.6 is 11.6 Å². The molecule has 0 heterocycles. The molecule has 0 spiro atoms. The van der Waals surface area contributed by atoms with Crippen molar-refractivity contribution in [1.29, 1.82) is 0 Å². The fourth-order valence-corrected chi connectivity index (χ4v) is 3.02. The minimum Gasteiger partial charge on any atom is -0.341 e. The molecule has 0 radical (unpaired) electrons. The molecule has 0 fully saturated rings. The van der Waals surface area contributed by atoms with Crippen LogP contribution in [-0.4, -0.2) is 39.3 Å². The van der Waals surface area contributed by atoms with E-state index in [1.165, 1.54) is 38.4 Å². The zero-order chi connectivity index (χ0) is 18.4. The Hall–Kier alpha value is -2.33. The van der Waals surface area contributed by atoms with Gasteiger partial charge in [-0.3, -0.25) is 4.79 Å². The van der Waals surface area contributed by atoms with Gasteiger partial charge in [-0.15, -0.1) is 0 Å². The van der Waals surface area contributed by atoms with E-state index >= 15 is 0 Å². The number of halogens is 1. The van der Waals surface area contributed by atoms with Gasteiger partial charge in [-0.1, -0.05) is 29.5 Å². The molecule has 0 saturated heterocycles. The maximum absolute atomic E-state index is 12.0. The fraction of sp³-hybridized carbons (Fsp3) is 0.167. The predicted octanol–water partition coefficient (Wildman–Crippen LogP) is 2.37. The molecule has 1 N–H and O–H groups in total. The van der Waals surface area contributed by atoms with Crippen LogP contribution in [0.3, 0.4) is 0 Å². The second-order valence-corrected chi connectivity index (χ2v) is 7.89. The Bertz CT molecular complexity index is 927.